The molecule has 0 bridgehead atoms. The summed E-state index contributed by atoms with van der Waals surface area (Å²) in [6, 6.07) is 0.951. The maximum absolute atomic E-state index is 12.1. The van der Waals surface area contributed by atoms with Gasteiger partial charge in [0, 0.05) is 18.3 Å². The van der Waals surface area contributed by atoms with Crippen molar-refractivity contribution in [3.63, 3.8) is 0 Å². The number of hydrazine groups is 1. The van der Waals surface area contributed by atoms with Gasteiger partial charge in [-0.3, -0.25) is 4.99 Å². The van der Waals surface area contributed by atoms with Crippen LogP contribution in [-0.4, -0.2) is 47.2 Å². The lowest BCUT2D eigenvalue weighted by Gasteiger charge is -2.22. The molecule has 3 rings (SSSR count). The van der Waals surface area contributed by atoms with Gasteiger partial charge in [0.05, 0.1) is 6.61 Å². The number of hydrogen-bond acceptors (Lipinski definition) is 4. The maximum Gasteiger partial charge on any atom is 0.426 e. The highest BCUT2D eigenvalue weighted by Gasteiger charge is 2.52. The Hall–Kier alpha value is -1.10. The number of amides is 1. The van der Waals surface area contributed by atoms with Gasteiger partial charge < -0.3 is 4.74 Å². The lowest BCUT2D eigenvalue weighted by Crippen LogP contribution is -2.28. The first-order valence-electron chi connectivity index (χ1n) is 9.08. The predicted molar refractivity (Wildman–Crippen MR) is 86.7 cm³/mol. The lowest BCUT2D eigenvalue weighted by molar-refractivity contribution is 0.106. The zero-order valence-electron chi connectivity index (χ0n) is 13.7. The number of nitrogens with zero attached hydrogens (tertiary/aromatic N) is 3. The Kier molecular flexibility index (Phi) is 5.34. The monoisotopic (exact) mass is 307 g/mol. The minimum absolute atomic E-state index is 0.0316. The van der Waals surface area contributed by atoms with Crippen molar-refractivity contribution < 1.29 is 9.53 Å². The molecule has 2 unspecified atom stereocenters. The van der Waals surface area contributed by atoms with E-state index in [2.05, 4.69) is 5.01 Å². The lowest BCUT2D eigenvalue weighted by atomic mass is 9.95. The van der Waals surface area contributed by atoms with E-state index in [-0.39, 0.29) is 12.3 Å². The molecule has 2 saturated carbocycles. The largest absolute Gasteiger partial charge is 0.449 e. The zero-order valence-corrected chi connectivity index (χ0v) is 13.7. The van der Waals surface area contributed by atoms with E-state index in [0.29, 0.717) is 18.7 Å². The molecule has 22 heavy (non-hydrogen) atoms. The molecule has 5 heteroatoms. The molecule has 1 heterocycles. The van der Waals surface area contributed by atoms with Gasteiger partial charge in [0.2, 0.25) is 0 Å². The number of carbonyl (C=O) groups excluding carboxylic acids is 1. The highest BCUT2D eigenvalue weighted by molar-refractivity contribution is 5.79. The molecule has 2 atom stereocenters. The second kappa shape index (κ2) is 7.44. The molecule has 3 fully saturated rings. The molecule has 0 aromatic rings. The molecule has 0 spiro atoms. The summed E-state index contributed by atoms with van der Waals surface area (Å²) in [6.07, 6.45) is 14.4. The topological polar surface area (TPSA) is 44.7 Å². The van der Waals surface area contributed by atoms with Crippen LogP contribution in [0.25, 0.3) is 0 Å². The first-order chi connectivity index (χ1) is 10.8. The van der Waals surface area contributed by atoms with E-state index >= 15 is 0 Å². The van der Waals surface area contributed by atoms with Gasteiger partial charge in [0.25, 0.3) is 0 Å². The van der Waals surface area contributed by atoms with E-state index in [1.807, 2.05) is 13.1 Å². The van der Waals surface area contributed by atoms with Crippen molar-refractivity contribution in [3.8, 4) is 0 Å². The van der Waals surface area contributed by atoms with Crippen LogP contribution in [0, 0.1) is 0 Å². The SMILES string of the molecule is CCOC(=O)N1C(C=NC2CCCCC2)N1C1CCCCC1. The Morgan fingerprint density at radius 2 is 1.73 bits per heavy atom. The number of hydrogen-bond donors (Lipinski definition) is 0. The third kappa shape index (κ3) is 3.62. The number of carbonyl (C=O) groups is 1. The van der Waals surface area contributed by atoms with Crippen LogP contribution in [0.2, 0.25) is 0 Å². The Balaban J connectivity index is 1.61. The summed E-state index contributed by atoms with van der Waals surface area (Å²) in [5, 5.41) is 3.97. The average Bonchev–Trinajstić information content (AvgIpc) is 3.29. The molecule has 0 aromatic heterocycles. The van der Waals surface area contributed by atoms with Crippen LogP contribution in [0.4, 0.5) is 4.79 Å². The molecule has 1 saturated heterocycles. The smallest absolute Gasteiger partial charge is 0.426 e. The van der Waals surface area contributed by atoms with Crippen molar-refractivity contribution in [2.24, 2.45) is 4.99 Å². The van der Waals surface area contributed by atoms with Crippen LogP contribution in [0.1, 0.15) is 71.1 Å². The fourth-order valence-electron chi connectivity index (χ4n) is 3.89. The van der Waals surface area contributed by atoms with E-state index < -0.39 is 0 Å². The van der Waals surface area contributed by atoms with Crippen LogP contribution < -0.4 is 0 Å². The summed E-state index contributed by atoms with van der Waals surface area (Å²) >= 11 is 0. The average molecular weight is 307 g/mol. The van der Waals surface area contributed by atoms with Gasteiger partial charge in [-0.15, -0.1) is 0 Å². The fourth-order valence-corrected chi connectivity index (χ4v) is 3.89. The molecule has 1 amide bonds. The second-order valence-corrected chi connectivity index (χ2v) is 6.72. The number of aliphatic imine (C=N–C) groups is 1. The second-order valence-electron chi connectivity index (χ2n) is 6.72. The minimum atomic E-state index is -0.215. The van der Waals surface area contributed by atoms with Crippen LogP contribution in [0.3, 0.4) is 0 Å². The number of rotatable bonds is 4. The van der Waals surface area contributed by atoms with Crippen molar-refractivity contribution in [1.29, 1.82) is 0 Å². The van der Waals surface area contributed by atoms with E-state index in [0.717, 1.165) is 0 Å². The summed E-state index contributed by atoms with van der Waals surface area (Å²) in [4.78, 5) is 16.9. The predicted octanol–water partition coefficient (Wildman–Crippen LogP) is 3.74. The Morgan fingerprint density at radius 1 is 1.09 bits per heavy atom. The van der Waals surface area contributed by atoms with Gasteiger partial charge in [-0.1, -0.05) is 38.5 Å². The van der Waals surface area contributed by atoms with E-state index in [1.54, 1.807) is 5.01 Å². The first-order valence-corrected chi connectivity index (χ1v) is 9.08. The van der Waals surface area contributed by atoms with Gasteiger partial charge in [0.1, 0.15) is 0 Å². The van der Waals surface area contributed by atoms with E-state index in [9.17, 15) is 4.79 Å². The molecular formula is C17H29N3O2. The van der Waals surface area contributed by atoms with Gasteiger partial charge >= 0.3 is 6.09 Å². The molecular weight excluding hydrogens is 278 g/mol. The highest BCUT2D eigenvalue weighted by Crippen LogP contribution is 2.36. The first kappa shape index (κ1) is 15.8. The Bertz CT molecular complexity index is 401. The summed E-state index contributed by atoms with van der Waals surface area (Å²) in [6.45, 7) is 2.29. The molecule has 5 nitrogen and oxygen atoms in total. The van der Waals surface area contributed by atoms with Crippen LogP contribution in [0.5, 0.6) is 0 Å². The standard InChI is InChI=1S/C17H29N3O2/c1-2-22-17(21)20-16(13-18-14-9-5-3-6-10-14)19(20)15-11-7-4-8-12-15/h13-16H,2-12H2,1H3. The Labute approximate surface area is 133 Å². The molecule has 124 valence electrons. The van der Waals surface area contributed by atoms with Crippen molar-refractivity contribution in [3.05, 3.63) is 0 Å². The molecule has 3 aliphatic rings. The molecule has 0 radical (unpaired) electrons. The molecule has 2 aliphatic carbocycles. The maximum atomic E-state index is 12.1. The van der Waals surface area contributed by atoms with Crippen molar-refractivity contribution >= 4 is 12.3 Å². The van der Waals surface area contributed by atoms with Crippen LogP contribution >= 0.6 is 0 Å². The molecule has 0 N–H and O–H groups in total. The quantitative estimate of drug-likeness (QED) is 0.587. The molecule has 1 aliphatic heterocycles. The number of ether oxygens (including phenoxy) is 1. The fraction of sp³-hybridized carbons (Fsp3) is 0.882. The van der Waals surface area contributed by atoms with Gasteiger partial charge in [-0.25, -0.2) is 9.80 Å². The summed E-state index contributed by atoms with van der Waals surface area (Å²) in [5.74, 6) is 0. The highest BCUT2D eigenvalue weighted by atomic mass is 16.6. The van der Waals surface area contributed by atoms with Gasteiger partial charge in [-0.05, 0) is 32.6 Å². The van der Waals surface area contributed by atoms with Crippen molar-refractivity contribution in [1.82, 2.24) is 10.0 Å². The molecule has 0 aromatic carbocycles. The van der Waals surface area contributed by atoms with E-state index in [4.69, 9.17) is 9.73 Å². The van der Waals surface area contributed by atoms with Crippen LogP contribution in [-0.2, 0) is 4.74 Å². The van der Waals surface area contributed by atoms with Gasteiger partial charge in [0.15, 0.2) is 6.17 Å². The van der Waals surface area contributed by atoms with Crippen molar-refractivity contribution in [2.75, 3.05) is 6.61 Å². The third-order valence-electron chi connectivity index (χ3n) is 5.12. The van der Waals surface area contributed by atoms with Crippen molar-refractivity contribution in [2.45, 2.75) is 89.4 Å². The summed E-state index contributed by atoms with van der Waals surface area (Å²) in [5.41, 5.74) is 0. The Morgan fingerprint density at radius 3 is 2.36 bits per heavy atom. The van der Waals surface area contributed by atoms with Gasteiger partial charge in [-0.2, -0.15) is 5.01 Å². The third-order valence-corrected chi connectivity index (χ3v) is 5.12. The van der Waals surface area contributed by atoms with Crippen LogP contribution in [0.15, 0.2) is 4.99 Å². The summed E-state index contributed by atoms with van der Waals surface area (Å²) in [7, 11) is 0. The minimum Gasteiger partial charge on any atom is -0.449 e. The normalized spacial score (nSPS) is 30.7. The van der Waals surface area contributed by atoms with E-state index in [1.165, 1.54) is 64.2 Å². The zero-order chi connectivity index (χ0) is 15.4. The summed E-state index contributed by atoms with van der Waals surface area (Å²) < 4.78 is 5.19.